The number of nitrogens with one attached hydrogen (secondary N) is 2. The number of H-pyrrole nitrogens is 1. The highest BCUT2D eigenvalue weighted by Crippen LogP contribution is 2.33. The molecule has 3 aromatic heterocycles. The first kappa shape index (κ1) is 31.1. The van der Waals surface area contributed by atoms with Crippen LogP contribution in [0, 0.1) is 0 Å². The zero-order chi connectivity index (χ0) is 30.8. The molecule has 2 aromatic carbocycles. The molecule has 0 unspecified atom stereocenters. The van der Waals surface area contributed by atoms with E-state index in [2.05, 4.69) is 56.8 Å². The zero-order valence-corrected chi connectivity index (χ0v) is 25.6. The second-order valence-corrected chi connectivity index (χ2v) is 9.83. The average molecular weight is 586 g/mol. The molecule has 0 aliphatic carbocycles. The van der Waals surface area contributed by atoms with Gasteiger partial charge in [0.25, 0.3) is 0 Å². The van der Waals surface area contributed by atoms with E-state index in [1.165, 1.54) is 19.1 Å². The van der Waals surface area contributed by atoms with E-state index in [0.717, 1.165) is 52.6 Å². The Bertz CT molecular complexity index is 1680. The molecular formula is C33H39N5O5. The Morgan fingerprint density at radius 3 is 2.37 bits per heavy atom. The molecule has 43 heavy (non-hydrogen) atoms. The van der Waals surface area contributed by atoms with Gasteiger partial charge in [-0.25, -0.2) is 9.78 Å². The molecule has 1 amide bonds. The van der Waals surface area contributed by atoms with E-state index in [-0.39, 0.29) is 5.95 Å². The molecule has 10 nitrogen and oxygen atoms in total. The Labute approximate surface area is 251 Å². The number of methoxy groups -OCH3 is 3. The quantitative estimate of drug-likeness (QED) is 0.163. The Morgan fingerprint density at radius 1 is 0.884 bits per heavy atom. The van der Waals surface area contributed by atoms with Gasteiger partial charge in [-0.2, -0.15) is 4.98 Å². The number of pyridine rings is 2. The number of aryl methyl sites for hydroxylation is 2. The second-order valence-electron chi connectivity index (χ2n) is 9.83. The third kappa shape index (κ3) is 7.51. The predicted molar refractivity (Wildman–Crippen MR) is 169 cm³/mol. The first-order valence-electron chi connectivity index (χ1n) is 14.4. The summed E-state index contributed by atoms with van der Waals surface area (Å²) < 4.78 is 21.7. The molecule has 5 rings (SSSR count). The maximum atomic E-state index is 11.5. The topological polar surface area (TPSA) is 120 Å². The van der Waals surface area contributed by atoms with Crippen molar-refractivity contribution in [2.75, 3.05) is 33.3 Å². The van der Waals surface area contributed by atoms with Crippen molar-refractivity contribution < 1.29 is 23.7 Å². The van der Waals surface area contributed by atoms with Crippen LogP contribution < -0.4 is 19.5 Å². The number of ether oxygens (including phenoxy) is 4. The number of carbonyl (C=O) groups excluding carboxylic acids is 1. The van der Waals surface area contributed by atoms with Crippen LogP contribution in [0.5, 0.6) is 17.2 Å². The van der Waals surface area contributed by atoms with Gasteiger partial charge in [-0.05, 0) is 66.3 Å². The van der Waals surface area contributed by atoms with E-state index < -0.39 is 6.09 Å². The molecule has 0 fully saturated rings. The number of aromatic amines is 1. The van der Waals surface area contributed by atoms with Crippen molar-refractivity contribution in [3.05, 3.63) is 66.0 Å². The summed E-state index contributed by atoms with van der Waals surface area (Å²) in [6.07, 6.45) is 6.76. The third-order valence-electron chi connectivity index (χ3n) is 6.70. The predicted octanol–water partition coefficient (Wildman–Crippen LogP) is 7.36. The smallest absolute Gasteiger partial charge is 0.413 e. The number of amides is 1. The molecule has 10 heteroatoms. The molecule has 0 atom stereocenters. The second kappa shape index (κ2) is 14.9. The lowest BCUT2D eigenvalue weighted by atomic mass is 10.0. The van der Waals surface area contributed by atoms with Crippen molar-refractivity contribution in [1.29, 1.82) is 0 Å². The number of hydrogen-bond acceptors (Lipinski definition) is 8. The lowest BCUT2D eigenvalue weighted by Crippen LogP contribution is -2.11. The number of hydrogen-bond donors (Lipinski definition) is 2. The number of benzene rings is 2. The largest absolute Gasteiger partial charge is 0.493 e. The Balaban J connectivity index is 0.00000135. The monoisotopic (exact) mass is 585 g/mol. The van der Waals surface area contributed by atoms with Crippen molar-refractivity contribution in [3.8, 4) is 28.4 Å². The molecule has 0 radical (unpaired) electrons. The molecule has 226 valence electrons. The van der Waals surface area contributed by atoms with E-state index >= 15 is 0 Å². The molecular weight excluding hydrogens is 546 g/mol. The molecule has 5 aromatic rings. The number of rotatable bonds is 10. The fraction of sp³-hybridized carbons (Fsp3) is 0.333. The molecule has 0 bridgehead atoms. The van der Waals surface area contributed by atoms with E-state index in [4.69, 9.17) is 14.2 Å². The van der Waals surface area contributed by atoms with Crippen LogP contribution in [0.2, 0.25) is 0 Å². The maximum Gasteiger partial charge on any atom is 0.413 e. The van der Waals surface area contributed by atoms with Gasteiger partial charge >= 0.3 is 6.09 Å². The number of aromatic nitrogens is 4. The van der Waals surface area contributed by atoms with Gasteiger partial charge in [0.2, 0.25) is 5.95 Å². The minimum Gasteiger partial charge on any atom is -0.493 e. The molecule has 0 aliphatic heterocycles. The highest BCUT2D eigenvalue weighted by atomic mass is 16.5. The molecule has 0 aliphatic rings. The van der Waals surface area contributed by atoms with Crippen LogP contribution >= 0.6 is 0 Å². The lowest BCUT2D eigenvalue weighted by Gasteiger charge is -2.14. The summed E-state index contributed by atoms with van der Waals surface area (Å²) in [6.45, 7) is 6.94. The zero-order valence-electron chi connectivity index (χ0n) is 25.6. The number of fused-ring (bicyclic) bond motifs is 2. The minimum atomic E-state index is -0.600. The lowest BCUT2D eigenvalue weighted by molar-refractivity contribution is 0.186. The summed E-state index contributed by atoms with van der Waals surface area (Å²) in [5, 5.41) is 3.57. The number of imidazole rings is 1. The van der Waals surface area contributed by atoms with Crippen molar-refractivity contribution in [2.45, 2.75) is 46.5 Å². The fourth-order valence-corrected chi connectivity index (χ4v) is 4.63. The van der Waals surface area contributed by atoms with Gasteiger partial charge in [-0.1, -0.05) is 33.3 Å². The van der Waals surface area contributed by atoms with E-state index in [0.29, 0.717) is 29.3 Å². The maximum absolute atomic E-state index is 11.5. The van der Waals surface area contributed by atoms with Gasteiger partial charge in [0.05, 0.1) is 39.0 Å². The van der Waals surface area contributed by atoms with Crippen molar-refractivity contribution >= 4 is 34.1 Å². The van der Waals surface area contributed by atoms with Crippen LogP contribution in [0.1, 0.15) is 44.7 Å². The molecule has 0 saturated heterocycles. The Hall–Kier alpha value is -4.86. The number of carbonyl (C=O) groups is 1. The molecule has 0 spiro atoms. The van der Waals surface area contributed by atoms with Crippen LogP contribution in [-0.2, 0) is 17.6 Å². The molecule has 2 N–H and O–H groups in total. The summed E-state index contributed by atoms with van der Waals surface area (Å²) in [4.78, 5) is 27.7. The SMILES string of the molecule is CCC.CCc1cc(-c2cnc3nc(NC(=O)OC)[nH]c3c2)ccc1OCCCc1ccnc2cc(OC)c(OC)cc12. The molecule has 3 heterocycles. The standard InChI is InChI=1S/C30H31N5O5.C3H8/c1-5-18-13-20(21-14-24-28(32-17-21)34-29(33-24)35-30(36)39-4)8-9-25(18)40-12-6-7-19-10-11-31-23-16-27(38-3)26(37-2)15-22(19)23;1-3-2/h8-11,13-17H,5-7,12H2,1-4H3,(H2,32,33,34,35,36);3H2,1-2H3. The highest BCUT2D eigenvalue weighted by molar-refractivity contribution is 5.87. The van der Waals surface area contributed by atoms with Gasteiger partial charge in [0.1, 0.15) is 5.75 Å². The third-order valence-corrected chi connectivity index (χ3v) is 6.70. The fourth-order valence-electron chi connectivity index (χ4n) is 4.63. The van der Waals surface area contributed by atoms with Gasteiger partial charge in [0, 0.05) is 29.4 Å². The van der Waals surface area contributed by atoms with Gasteiger partial charge in [0.15, 0.2) is 17.1 Å². The van der Waals surface area contributed by atoms with E-state index in [9.17, 15) is 4.79 Å². The Morgan fingerprint density at radius 2 is 1.65 bits per heavy atom. The average Bonchev–Trinajstić information content (AvgIpc) is 3.44. The number of nitrogens with zero attached hydrogens (tertiary/aromatic N) is 3. The van der Waals surface area contributed by atoms with E-state index in [1.807, 2.05) is 42.6 Å². The van der Waals surface area contributed by atoms with Gasteiger partial charge in [-0.3, -0.25) is 10.3 Å². The van der Waals surface area contributed by atoms with Crippen LogP contribution in [-0.4, -0.2) is 54.0 Å². The van der Waals surface area contributed by atoms with Crippen LogP contribution in [0.3, 0.4) is 0 Å². The van der Waals surface area contributed by atoms with Crippen LogP contribution in [0.4, 0.5) is 10.7 Å². The van der Waals surface area contributed by atoms with Crippen LogP contribution in [0.25, 0.3) is 33.2 Å². The number of anilines is 1. The summed E-state index contributed by atoms with van der Waals surface area (Å²) in [5.74, 6) is 2.51. The summed E-state index contributed by atoms with van der Waals surface area (Å²) >= 11 is 0. The summed E-state index contributed by atoms with van der Waals surface area (Å²) in [7, 11) is 4.56. The van der Waals surface area contributed by atoms with Crippen molar-refractivity contribution in [1.82, 2.24) is 19.9 Å². The first-order chi connectivity index (χ1) is 20.9. The molecule has 0 saturated carbocycles. The van der Waals surface area contributed by atoms with Crippen LogP contribution in [0.15, 0.2) is 54.9 Å². The van der Waals surface area contributed by atoms with Gasteiger partial charge in [-0.15, -0.1) is 0 Å². The van der Waals surface area contributed by atoms with Gasteiger partial charge < -0.3 is 23.9 Å². The highest BCUT2D eigenvalue weighted by Gasteiger charge is 2.12. The van der Waals surface area contributed by atoms with Crippen molar-refractivity contribution in [3.63, 3.8) is 0 Å². The first-order valence-corrected chi connectivity index (χ1v) is 14.4. The summed E-state index contributed by atoms with van der Waals surface area (Å²) in [6, 6.07) is 14.0. The van der Waals surface area contributed by atoms with E-state index in [1.54, 1.807) is 20.4 Å². The van der Waals surface area contributed by atoms with Crippen molar-refractivity contribution in [2.24, 2.45) is 0 Å². The summed E-state index contributed by atoms with van der Waals surface area (Å²) in [5.41, 5.74) is 6.33. The normalized spacial score (nSPS) is 10.7. The minimum absolute atomic E-state index is 0.281. The Kier molecular flexibility index (Phi) is 10.7.